The van der Waals surface area contributed by atoms with E-state index in [9.17, 15) is 14.7 Å². The van der Waals surface area contributed by atoms with Crippen LogP contribution in [0.15, 0.2) is 64.3 Å². The lowest BCUT2D eigenvalue weighted by atomic mass is 10.1. The highest BCUT2D eigenvalue weighted by atomic mass is 16.3. The predicted molar refractivity (Wildman–Crippen MR) is 106 cm³/mol. The largest absolute Gasteiger partial charge is 0.508 e. The Morgan fingerprint density at radius 3 is 2.11 bits per heavy atom. The summed E-state index contributed by atoms with van der Waals surface area (Å²) in [5.74, 6) is 0.163. The summed E-state index contributed by atoms with van der Waals surface area (Å²) in [6, 6.07) is 14.6. The maximum absolute atomic E-state index is 13.0. The van der Waals surface area contributed by atoms with Crippen LogP contribution in [0.25, 0.3) is 27.8 Å². The van der Waals surface area contributed by atoms with E-state index in [0.29, 0.717) is 16.6 Å². The van der Waals surface area contributed by atoms with E-state index in [1.807, 2.05) is 35.8 Å². The molecule has 0 fully saturated rings. The van der Waals surface area contributed by atoms with Crippen LogP contribution < -0.4 is 11.2 Å². The molecular weight excluding hydrogens is 342 g/mol. The lowest BCUT2D eigenvalue weighted by Gasteiger charge is -2.10. The highest BCUT2D eigenvalue weighted by molar-refractivity contribution is 5.94. The number of aromatic hydroxyl groups is 1. The minimum atomic E-state index is -0.370. The number of phenols is 1. The number of hydrogen-bond acceptors (Lipinski definition) is 3. The molecule has 1 N–H and O–H groups in total. The maximum atomic E-state index is 13.0. The molecule has 0 saturated heterocycles. The van der Waals surface area contributed by atoms with Gasteiger partial charge < -0.3 is 9.67 Å². The van der Waals surface area contributed by atoms with Gasteiger partial charge in [-0.3, -0.25) is 13.9 Å². The van der Waals surface area contributed by atoms with Gasteiger partial charge in [-0.25, -0.2) is 4.79 Å². The van der Waals surface area contributed by atoms with Crippen molar-refractivity contribution in [3.8, 4) is 22.7 Å². The van der Waals surface area contributed by atoms with Gasteiger partial charge >= 0.3 is 5.69 Å². The lowest BCUT2D eigenvalue weighted by molar-refractivity contribution is 0.475. The van der Waals surface area contributed by atoms with Crippen LogP contribution in [0.2, 0.25) is 0 Å². The first kappa shape index (κ1) is 16.9. The van der Waals surface area contributed by atoms with Gasteiger partial charge in [0.2, 0.25) is 0 Å². The first-order valence-corrected chi connectivity index (χ1v) is 8.56. The monoisotopic (exact) mass is 361 g/mol. The Labute approximate surface area is 155 Å². The fraction of sp³-hybridized carbons (Fsp3) is 0.143. The molecule has 0 bridgehead atoms. The number of hydrogen-bond donors (Lipinski definition) is 1. The molecule has 0 aliphatic carbocycles. The van der Waals surface area contributed by atoms with Crippen molar-refractivity contribution in [1.29, 1.82) is 0 Å². The third-order valence-electron chi connectivity index (χ3n) is 4.89. The van der Waals surface area contributed by atoms with E-state index in [0.717, 1.165) is 21.4 Å². The third-order valence-corrected chi connectivity index (χ3v) is 4.89. The molecule has 0 radical (unpaired) electrons. The molecule has 6 nitrogen and oxygen atoms in total. The van der Waals surface area contributed by atoms with Gasteiger partial charge in [0.15, 0.2) is 0 Å². The summed E-state index contributed by atoms with van der Waals surface area (Å²) in [6.07, 6.45) is 1.79. The number of fused-ring (bicyclic) bond motifs is 1. The summed E-state index contributed by atoms with van der Waals surface area (Å²) in [6.45, 7) is 2.00. The minimum Gasteiger partial charge on any atom is -0.508 e. The molecule has 0 aliphatic heterocycles. The molecule has 4 aromatic rings. The Balaban J connectivity index is 2.18. The van der Waals surface area contributed by atoms with Gasteiger partial charge in [-0.1, -0.05) is 29.8 Å². The highest BCUT2D eigenvalue weighted by Gasteiger charge is 2.20. The Bertz CT molecular complexity index is 1270. The quantitative estimate of drug-likeness (QED) is 0.597. The van der Waals surface area contributed by atoms with Gasteiger partial charge in [0, 0.05) is 26.0 Å². The SMILES string of the molecule is Cc1ccc(-c2c3c(=O)n(C)c(=O)n(C)c3cn2-c2ccc(O)cc2)cc1. The van der Waals surface area contributed by atoms with Gasteiger partial charge in [-0.15, -0.1) is 0 Å². The molecule has 0 amide bonds. The Morgan fingerprint density at radius 2 is 1.48 bits per heavy atom. The molecular formula is C21H19N3O3. The average molecular weight is 361 g/mol. The summed E-state index contributed by atoms with van der Waals surface area (Å²) >= 11 is 0. The summed E-state index contributed by atoms with van der Waals surface area (Å²) < 4.78 is 4.49. The maximum Gasteiger partial charge on any atom is 0.330 e. The second-order valence-corrected chi connectivity index (χ2v) is 6.70. The van der Waals surface area contributed by atoms with Gasteiger partial charge in [0.05, 0.1) is 16.6 Å². The van der Waals surface area contributed by atoms with Crippen LogP contribution in [0.1, 0.15) is 5.56 Å². The van der Waals surface area contributed by atoms with E-state index in [2.05, 4.69) is 0 Å². The van der Waals surface area contributed by atoms with E-state index in [4.69, 9.17) is 0 Å². The van der Waals surface area contributed by atoms with Crippen molar-refractivity contribution in [2.45, 2.75) is 6.92 Å². The van der Waals surface area contributed by atoms with E-state index < -0.39 is 0 Å². The number of benzene rings is 2. The van der Waals surface area contributed by atoms with Gasteiger partial charge in [-0.05, 0) is 36.8 Å². The van der Waals surface area contributed by atoms with Crippen molar-refractivity contribution in [3.05, 3.63) is 81.1 Å². The summed E-state index contributed by atoms with van der Waals surface area (Å²) in [7, 11) is 3.14. The molecule has 2 aromatic heterocycles. The molecule has 0 aliphatic rings. The Kier molecular flexibility index (Phi) is 3.77. The van der Waals surface area contributed by atoms with Gasteiger partial charge in [0.25, 0.3) is 5.56 Å². The second-order valence-electron chi connectivity index (χ2n) is 6.70. The number of aryl methyl sites for hydroxylation is 2. The Hall–Kier alpha value is -3.54. The van der Waals surface area contributed by atoms with E-state index in [-0.39, 0.29) is 17.0 Å². The van der Waals surface area contributed by atoms with Crippen LogP contribution in [-0.4, -0.2) is 18.8 Å². The van der Waals surface area contributed by atoms with Crippen LogP contribution in [0.4, 0.5) is 0 Å². The normalized spacial score (nSPS) is 11.2. The van der Waals surface area contributed by atoms with Gasteiger partial charge in [0.1, 0.15) is 5.75 Å². The fourth-order valence-electron chi connectivity index (χ4n) is 3.35. The zero-order valence-electron chi connectivity index (χ0n) is 15.3. The topological polar surface area (TPSA) is 69.2 Å². The number of rotatable bonds is 2. The molecule has 27 heavy (non-hydrogen) atoms. The third kappa shape index (κ3) is 2.57. The zero-order chi connectivity index (χ0) is 19.3. The fourth-order valence-corrected chi connectivity index (χ4v) is 3.35. The second kappa shape index (κ2) is 6.02. The summed E-state index contributed by atoms with van der Waals surface area (Å²) in [4.78, 5) is 25.3. The zero-order valence-corrected chi connectivity index (χ0v) is 15.3. The molecule has 2 heterocycles. The van der Waals surface area contributed by atoms with Crippen molar-refractivity contribution in [3.63, 3.8) is 0 Å². The van der Waals surface area contributed by atoms with Crippen LogP contribution >= 0.6 is 0 Å². The molecule has 136 valence electrons. The summed E-state index contributed by atoms with van der Waals surface area (Å²) in [5, 5.41) is 10.1. The van der Waals surface area contributed by atoms with Crippen molar-refractivity contribution < 1.29 is 5.11 Å². The lowest BCUT2D eigenvalue weighted by Crippen LogP contribution is -2.36. The molecule has 0 atom stereocenters. The van der Waals surface area contributed by atoms with E-state index in [1.165, 1.54) is 11.6 Å². The Morgan fingerprint density at radius 1 is 0.852 bits per heavy atom. The van der Waals surface area contributed by atoms with E-state index in [1.54, 1.807) is 37.5 Å². The molecule has 0 saturated carbocycles. The minimum absolute atomic E-state index is 0.163. The smallest absolute Gasteiger partial charge is 0.330 e. The van der Waals surface area contributed by atoms with Crippen molar-refractivity contribution in [2.75, 3.05) is 0 Å². The number of nitrogens with zero attached hydrogens (tertiary/aromatic N) is 3. The molecule has 6 heteroatoms. The predicted octanol–water partition coefficient (Wildman–Crippen LogP) is 2.71. The van der Waals surface area contributed by atoms with Crippen molar-refractivity contribution >= 4 is 10.9 Å². The first-order valence-electron chi connectivity index (χ1n) is 8.56. The van der Waals surface area contributed by atoms with E-state index >= 15 is 0 Å². The first-order chi connectivity index (χ1) is 12.9. The van der Waals surface area contributed by atoms with Crippen LogP contribution in [0.3, 0.4) is 0 Å². The highest BCUT2D eigenvalue weighted by Crippen LogP contribution is 2.31. The molecule has 0 unspecified atom stereocenters. The standard InChI is InChI=1S/C21H19N3O3/c1-13-4-6-14(7-5-13)19-18-17(22(2)21(27)23(3)20(18)26)12-24(19)15-8-10-16(25)11-9-15/h4-12,25H,1-3H3. The molecule has 4 rings (SSSR count). The summed E-state index contributed by atoms with van der Waals surface area (Å²) in [5.41, 5.74) is 3.35. The molecule has 2 aromatic carbocycles. The number of aromatic nitrogens is 3. The molecule has 0 spiro atoms. The van der Waals surface area contributed by atoms with Crippen molar-refractivity contribution in [1.82, 2.24) is 13.7 Å². The van der Waals surface area contributed by atoms with Gasteiger partial charge in [-0.2, -0.15) is 0 Å². The van der Waals surface area contributed by atoms with Crippen molar-refractivity contribution in [2.24, 2.45) is 14.1 Å². The number of phenolic OH excluding ortho intramolecular Hbond substituents is 1. The van der Waals surface area contributed by atoms with Crippen LogP contribution in [0, 0.1) is 6.92 Å². The average Bonchev–Trinajstić information content (AvgIpc) is 3.06. The van der Waals surface area contributed by atoms with Crippen LogP contribution in [-0.2, 0) is 14.1 Å². The van der Waals surface area contributed by atoms with Crippen LogP contribution in [0.5, 0.6) is 5.75 Å².